The van der Waals surface area contributed by atoms with Crippen LogP contribution in [0.2, 0.25) is 0 Å². The predicted octanol–water partition coefficient (Wildman–Crippen LogP) is 1.25. The van der Waals surface area contributed by atoms with Crippen LogP contribution < -0.4 is 4.72 Å². The third kappa shape index (κ3) is 3.33. The van der Waals surface area contributed by atoms with Crippen molar-refractivity contribution >= 4 is 16.1 Å². The van der Waals surface area contributed by atoms with Gasteiger partial charge in [-0.2, -0.15) is 12.7 Å². The molecule has 0 unspecified atom stereocenters. The van der Waals surface area contributed by atoms with Gasteiger partial charge >= 0.3 is 10.2 Å². The molecule has 1 amide bonds. The molecule has 1 aliphatic rings. The van der Waals surface area contributed by atoms with Crippen molar-refractivity contribution in [2.45, 2.75) is 25.7 Å². The Morgan fingerprint density at radius 2 is 1.79 bits per heavy atom. The van der Waals surface area contributed by atoms with Crippen molar-refractivity contribution in [1.82, 2.24) is 9.03 Å². The summed E-state index contributed by atoms with van der Waals surface area (Å²) in [6, 6.07) is 9.14. The lowest BCUT2D eigenvalue weighted by Crippen LogP contribution is -2.43. The highest BCUT2D eigenvalue weighted by Gasteiger charge is 2.28. The Kier molecular flexibility index (Phi) is 4.21. The monoisotopic (exact) mass is 282 g/mol. The first kappa shape index (κ1) is 14.0. The zero-order valence-electron chi connectivity index (χ0n) is 10.9. The van der Waals surface area contributed by atoms with Gasteiger partial charge in [-0.15, -0.1) is 0 Å². The van der Waals surface area contributed by atoms with Gasteiger partial charge in [0, 0.05) is 13.1 Å². The first-order valence-electron chi connectivity index (χ1n) is 6.37. The third-order valence-electron chi connectivity index (χ3n) is 3.33. The lowest BCUT2D eigenvalue weighted by molar-refractivity contribution is -0.120. The average Bonchev–Trinajstić information content (AvgIpc) is 2.93. The van der Waals surface area contributed by atoms with Crippen LogP contribution in [0.25, 0.3) is 0 Å². The maximum absolute atomic E-state index is 12.0. The van der Waals surface area contributed by atoms with Crippen LogP contribution in [0.1, 0.15) is 31.2 Å². The normalized spacial score (nSPS) is 18.2. The number of amides is 1. The molecule has 1 heterocycles. The molecule has 0 aliphatic carbocycles. The molecule has 1 aromatic carbocycles. The molecule has 5 nitrogen and oxygen atoms in total. The van der Waals surface area contributed by atoms with Crippen molar-refractivity contribution in [3.8, 4) is 0 Å². The second kappa shape index (κ2) is 5.71. The summed E-state index contributed by atoms with van der Waals surface area (Å²) in [6.07, 6.45) is 1.70. The van der Waals surface area contributed by atoms with Crippen molar-refractivity contribution in [2.24, 2.45) is 0 Å². The minimum Gasteiger partial charge on any atom is -0.273 e. The number of hydrogen-bond acceptors (Lipinski definition) is 3. The van der Waals surface area contributed by atoms with Crippen LogP contribution in [0.3, 0.4) is 0 Å². The Bertz CT molecular complexity index is 536. The Hall–Kier alpha value is -1.40. The Morgan fingerprint density at radius 3 is 2.37 bits per heavy atom. The SMILES string of the molecule is C[C@H](C(=O)NS(=O)(=O)N1CCCC1)c1ccccc1. The van der Waals surface area contributed by atoms with Crippen molar-refractivity contribution in [1.29, 1.82) is 0 Å². The molecule has 0 aromatic heterocycles. The molecule has 2 rings (SSSR count). The van der Waals surface area contributed by atoms with Crippen molar-refractivity contribution in [3.63, 3.8) is 0 Å². The molecular formula is C13H18N2O3S. The van der Waals surface area contributed by atoms with Gasteiger partial charge in [-0.25, -0.2) is 4.72 Å². The standard InChI is InChI=1S/C13H18N2O3S/c1-11(12-7-3-2-4-8-12)13(16)14-19(17,18)15-9-5-6-10-15/h2-4,7-8,11H,5-6,9-10H2,1H3,(H,14,16)/t11-/m0/s1. The topological polar surface area (TPSA) is 66.5 Å². The summed E-state index contributed by atoms with van der Waals surface area (Å²) in [5, 5.41) is 0. The fourth-order valence-corrected chi connectivity index (χ4v) is 3.40. The van der Waals surface area contributed by atoms with Gasteiger partial charge in [0.25, 0.3) is 0 Å². The van der Waals surface area contributed by atoms with Crippen molar-refractivity contribution < 1.29 is 13.2 Å². The van der Waals surface area contributed by atoms with E-state index in [1.54, 1.807) is 6.92 Å². The highest BCUT2D eigenvalue weighted by atomic mass is 32.2. The fraction of sp³-hybridized carbons (Fsp3) is 0.462. The summed E-state index contributed by atoms with van der Waals surface area (Å²) in [5.41, 5.74) is 0.802. The van der Waals surface area contributed by atoms with E-state index in [1.165, 1.54) is 4.31 Å². The summed E-state index contributed by atoms with van der Waals surface area (Å²) in [6.45, 7) is 2.68. The Balaban J connectivity index is 2.05. The molecular weight excluding hydrogens is 264 g/mol. The average molecular weight is 282 g/mol. The maximum atomic E-state index is 12.0. The van der Waals surface area contributed by atoms with Gasteiger partial charge in [0.2, 0.25) is 5.91 Å². The first-order chi connectivity index (χ1) is 9.00. The van der Waals surface area contributed by atoms with E-state index >= 15 is 0 Å². The molecule has 0 radical (unpaired) electrons. The second-order valence-electron chi connectivity index (χ2n) is 4.71. The summed E-state index contributed by atoms with van der Waals surface area (Å²) in [5.74, 6) is -0.975. The van der Waals surface area contributed by atoms with Crippen LogP contribution in [0, 0.1) is 0 Å². The molecule has 1 aromatic rings. The fourth-order valence-electron chi connectivity index (χ4n) is 2.10. The summed E-state index contributed by atoms with van der Waals surface area (Å²) in [4.78, 5) is 12.0. The zero-order chi connectivity index (χ0) is 13.9. The Morgan fingerprint density at radius 1 is 1.21 bits per heavy atom. The highest BCUT2D eigenvalue weighted by Crippen LogP contribution is 2.16. The van der Waals surface area contributed by atoms with Crippen LogP contribution >= 0.6 is 0 Å². The van der Waals surface area contributed by atoms with E-state index in [2.05, 4.69) is 4.72 Å². The van der Waals surface area contributed by atoms with Gasteiger partial charge in [-0.1, -0.05) is 30.3 Å². The van der Waals surface area contributed by atoms with E-state index in [4.69, 9.17) is 0 Å². The first-order valence-corrected chi connectivity index (χ1v) is 7.81. The van der Waals surface area contributed by atoms with Gasteiger partial charge < -0.3 is 0 Å². The van der Waals surface area contributed by atoms with Crippen LogP contribution in [0.5, 0.6) is 0 Å². The molecule has 1 aliphatic heterocycles. The van der Waals surface area contributed by atoms with E-state index in [-0.39, 0.29) is 0 Å². The predicted molar refractivity (Wildman–Crippen MR) is 72.7 cm³/mol. The van der Waals surface area contributed by atoms with E-state index < -0.39 is 22.0 Å². The van der Waals surface area contributed by atoms with Crippen molar-refractivity contribution in [2.75, 3.05) is 13.1 Å². The Labute approximate surface area is 113 Å². The van der Waals surface area contributed by atoms with E-state index in [0.29, 0.717) is 13.1 Å². The number of nitrogens with zero attached hydrogens (tertiary/aromatic N) is 1. The molecule has 0 bridgehead atoms. The molecule has 1 fully saturated rings. The summed E-state index contributed by atoms with van der Waals surface area (Å²) >= 11 is 0. The van der Waals surface area contributed by atoms with E-state index in [1.807, 2.05) is 30.3 Å². The van der Waals surface area contributed by atoms with Crippen LogP contribution in [0.4, 0.5) is 0 Å². The molecule has 1 atom stereocenters. The summed E-state index contributed by atoms with van der Waals surface area (Å²) in [7, 11) is -3.68. The number of benzene rings is 1. The highest BCUT2D eigenvalue weighted by molar-refractivity contribution is 7.87. The lowest BCUT2D eigenvalue weighted by Gasteiger charge is -2.18. The second-order valence-corrected chi connectivity index (χ2v) is 6.38. The molecule has 1 N–H and O–H groups in total. The van der Waals surface area contributed by atoms with Gasteiger partial charge in [-0.3, -0.25) is 4.79 Å². The van der Waals surface area contributed by atoms with Crippen LogP contribution in [0.15, 0.2) is 30.3 Å². The number of nitrogens with one attached hydrogen (secondary N) is 1. The quantitative estimate of drug-likeness (QED) is 0.903. The third-order valence-corrected chi connectivity index (χ3v) is 4.83. The molecule has 1 saturated heterocycles. The van der Waals surface area contributed by atoms with Crippen LogP contribution in [-0.4, -0.2) is 31.7 Å². The smallest absolute Gasteiger partial charge is 0.273 e. The minimum atomic E-state index is -3.68. The largest absolute Gasteiger partial charge is 0.303 e. The summed E-state index contributed by atoms with van der Waals surface area (Å²) < 4.78 is 27.4. The minimum absolute atomic E-state index is 0.487. The van der Waals surface area contributed by atoms with E-state index in [0.717, 1.165) is 18.4 Å². The van der Waals surface area contributed by atoms with Crippen LogP contribution in [-0.2, 0) is 15.0 Å². The number of rotatable bonds is 4. The molecule has 0 spiro atoms. The maximum Gasteiger partial charge on any atom is 0.303 e. The zero-order valence-corrected chi connectivity index (χ0v) is 11.7. The van der Waals surface area contributed by atoms with Crippen molar-refractivity contribution in [3.05, 3.63) is 35.9 Å². The molecule has 104 valence electrons. The van der Waals surface area contributed by atoms with Gasteiger partial charge in [0.05, 0.1) is 5.92 Å². The number of carbonyl (C=O) groups is 1. The van der Waals surface area contributed by atoms with Gasteiger partial charge in [0.1, 0.15) is 0 Å². The van der Waals surface area contributed by atoms with Gasteiger partial charge in [0.15, 0.2) is 0 Å². The lowest BCUT2D eigenvalue weighted by atomic mass is 10.0. The molecule has 0 saturated carbocycles. The molecule has 19 heavy (non-hydrogen) atoms. The van der Waals surface area contributed by atoms with E-state index in [9.17, 15) is 13.2 Å². The molecule has 6 heteroatoms. The van der Waals surface area contributed by atoms with Gasteiger partial charge in [-0.05, 0) is 25.3 Å². The number of hydrogen-bond donors (Lipinski definition) is 1. The number of carbonyl (C=O) groups excluding carboxylic acids is 1.